The summed E-state index contributed by atoms with van der Waals surface area (Å²) < 4.78 is 0. The topological polar surface area (TPSA) is 130 Å². The number of nitrogens with one attached hydrogen (secondary N) is 1. The van der Waals surface area contributed by atoms with Gasteiger partial charge >= 0.3 is 7.12 Å². The minimum absolute atomic E-state index is 0.00677. The summed E-state index contributed by atoms with van der Waals surface area (Å²) in [6.07, 6.45) is 4.58. The van der Waals surface area contributed by atoms with Gasteiger partial charge in [0.25, 0.3) is 5.91 Å². The zero-order valence-corrected chi connectivity index (χ0v) is 15.2. The summed E-state index contributed by atoms with van der Waals surface area (Å²) in [4.78, 5) is 35.8. The van der Waals surface area contributed by atoms with Crippen molar-refractivity contribution in [3.63, 3.8) is 0 Å². The number of carbonyl (C=O) groups is 3. The Morgan fingerprint density at radius 1 is 1.07 bits per heavy atom. The van der Waals surface area contributed by atoms with Crippen molar-refractivity contribution in [1.82, 2.24) is 5.32 Å². The fourth-order valence-electron chi connectivity index (χ4n) is 3.52. The molecule has 0 saturated heterocycles. The molecule has 2 aromatic rings. The Kier molecular flexibility index (Phi) is 5.91. The maximum absolute atomic E-state index is 12.6. The molecule has 0 radical (unpaired) electrons. The molecule has 0 bridgehead atoms. The third-order valence-electron chi connectivity index (χ3n) is 5.02. The van der Waals surface area contributed by atoms with Crippen LogP contribution >= 0.6 is 0 Å². The number of hydrogen-bond donors (Lipinski definition) is 4. The Morgan fingerprint density at radius 2 is 1.79 bits per heavy atom. The first-order valence-corrected chi connectivity index (χ1v) is 9.08. The van der Waals surface area contributed by atoms with E-state index in [1.165, 1.54) is 23.8 Å². The van der Waals surface area contributed by atoms with E-state index in [-0.39, 0.29) is 16.6 Å². The number of aldehydes is 1. The van der Waals surface area contributed by atoms with E-state index >= 15 is 0 Å². The van der Waals surface area contributed by atoms with Crippen LogP contribution in [-0.4, -0.2) is 35.3 Å². The van der Waals surface area contributed by atoms with Crippen molar-refractivity contribution >= 4 is 30.7 Å². The number of aryl methyl sites for hydroxylation is 2. The third kappa shape index (κ3) is 4.13. The smallest absolute Gasteiger partial charge is 0.423 e. The van der Waals surface area contributed by atoms with E-state index in [2.05, 4.69) is 5.32 Å². The number of fused-ring (bicyclic) bond motifs is 1. The molecule has 2 aromatic carbocycles. The van der Waals surface area contributed by atoms with Crippen LogP contribution in [0, 0.1) is 0 Å². The lowest BCUT2D eigenvalue weighted by atomic mass is 9.77. The minimum Gasteiger partial charge on any atom is -0.423 e. The lowest BCUT2D eigenvalue weighted by Crippen LogP contribution is -2.38. The quantitative estimate of drug-likeness (QED) is 0.415. The molecule has 7 nitrogen and oxygen atoms in total. The van der Waals surface area contributed by atoms with E-state index in [1.807, 2.05) is 12.1 Å². The van der Waals surface area contributed by atoms with Gasteiger partial charge in [-0.05, 0) is 60.0 Å². The molecule has 0 aliphatic heterocycles. The maximum atomic E-state index is 12.6. The summed E-state index contributed by atoms with van der Waals surface area (Å²) in [7, 11) is -1.83. The molecule has 0 aromatic heterocycles. The molecular formula is C20H21BN2O5. The molecule has 8 heteroatoms. The normalized spacial score (nSPS) is 13.9. The van der Waals surface area contributed by atoms with Crippen molar-refractivity contribution in [2.24, 2.45) is 5.73 Å². The second-order valence-corrected chi connectivity index (χ2v) is 6.88. The summed E-state index contributed by atoms with van der Waals surface area (Å²) in [5.74, 6) is -1.29. The van der Waals surface area contributed by atoms with E-state index < -0.39 is 25.0 Å². The molecule has 3 rings (SSSR count). The fourth-order valence-corrected chi connectivity index (χ4v) is 3.52. The SMILES string of the molecule is NC(=O)C(NC(=O)c1ccc(B(O)O)c(C=O)c1)c1ccc2c(c1)CCCC2. The van der Waals surface area contributed by atoms with E-state index in [9.17, 15) is 24.4 Å². The number of amides is 2. The van der Waals surface area contributed by atoms with Crippen molar-refractivity contribution in [2.75, 3.05) is 0 Å². The Hall–Kier alpha value is -2.97. The number of carbonyl (C=O) groups excluding carboxylic acids is 3. The highest BCUT2D eigenvalue weighted by Gasteiger charge is 2.24. The van der Waals surface area contributed by atoms with Crippen LogP contribution in [0.1, 0.15) is 56.3 Å². The van der Waals surface area contributed by atoms with Gasteiger partial charge < -0.3 is 21.1 Å². The van der Waals surface area contributed by atoms with Gasteiger partial charge in [0.2, 0.25) is 5.91 Å². The van der Waals surface area contributed by atoms with Crippen LogP contribution in [0.4, 0.5) is 0 Å². The lowest BCUT2D eigenvalue weighted by Gasteiger charge is -2.21. The molecule has 28 heavy (non-hydrogen) atoms. The molecule has 0 heterocycles. The first-order chi connectivity index (χ1) is 13.4. The third-order valence-corrected chi connectivity index (χ3v) is 5.02. The number of hydrogen-bond acceptors (Lipinski definition) is 5. The molecule has 1 aliphatic carbocycles. The summed E-state index contributed by atoms with van der Waals surface area (Å²) in [5.41, 5.74) is 8.61. The largest absolute Gasteiger partial charge is 0.489 e. The standard InChI is InChI=1S/C20H21BN2O5/c22-19(25)18(14-6-5-12-3-1-2-4-13(12)9-14)23-20(26)15-7-8-17(21(27)28)16(10-15)11-24/h5-11,18,27-28H,1-4H2,(H2,22,25)(H,23,26). The van der Waals surface area contributed by atoms with Crippen LogP contribution in [0.25, 0.3) is 0 Å². The minimum atomic E-state index is -1.83. The number of primary amides is 1. The number of benzene rings is 2. The van der Waals surface area contributed by atoms with Gasteiger partial charge in [-0.25, -0.2) is 0 Å². The van der Waals surface area contributed by atoms with Gasteiger partial charge in [-0.2, -0.15) is 0 Å². The van der Waals surface area contributed by atoms with E-state index in [0.717, 1.165) is 31.2 Å². The summed E-state index contributed by atoms with van der Waals surface area (Å²) >= 11 is 0. The van der Waals surface area contributed by atoms with Gasteiger partial charge in [-0.15, -0.1) is 0 Å². The fraction of sp³-hybridized carbons (Fsp3) is 0.250. The maximum Gasteiger partial charge on any atom is 0.489 e. The van der Waals surface area contributed by atoms with Gasteiger partial charge in [0.15, 0.2) is 0 Å². The first kappa shape index (κ1) is 19.8. The average Bonchev–Trinajstić information content (AvgIpc) is 2.70. The van der Waals surface area contributed by atoms with Crippen molar-refractivity contribution in [3.8, 4) is 0 Å². The molecule has 2 amide bonds. The molecular weight excluding hydrogens is 359 g/mol. The average molecular weight is 380 g/mol. The van der Waals surface area contributed by atoms with Crippen LogP contribution in [0.2, 0.25) is 0 Å². The second-order valence-electron chi connectivity index (χ2n) is 6.88. The van der Waals surface area contributed by atoms with Crippen molar-refractivity contribution in [3.05, 3.63) is 64.2 Å². The van der Waals surface area contributed by atoms with Crippen molar-refractivity contribution in [1.29, 1.82) is 0 Å². The molecule has 144 valence electrons. The predicted octanol–water partition coefficient (Wildman–Crippen LogP) is 0.0141. The molecule has 0 spiro atoms. The second kappa shape index (κ2) is 8.37. The van der Waals surface area contributed by atoms with Crippen LogP contribution < -0.4 is 16.5 Å². The van der Waals surface area contributed by atoms with E-state index in [1.54, 1.807) is 6.07 Å². The van der Waals surface area contributed by atoms with E-state index in [4.69, 9.17) is 5.73 Å². The molecule has 1 atom stereocenters. The van der Waals surface area contributed by atoms with Crippen molar-refractivity contribution in [2.45, 2.75) is 31.7 Å². The van der Waals surface area contributed by atoms with Gasteiger partial charge in [-0.1, -0.05) is 24.3 Å². The Bertz CT molecular complexity index is 929. The van der Waals surface area contributed by atoms with Gasteiger partial charge in [0.05, 0.1) is 0 Å². The highest BCUT2D eigenvalue weighted by atomic mass is 16.4. The van der Waals surface area contributed by atoms with Crippen LogP contribution in [0.5, 0.6) is 0 Å². The molecule has 0 saturated carbocycles. The summed E-state index contributed by atoms with van der Waals surface area (Å²) in [6, 6.07) is 8.52. The molecule has 1 aliphatic rings. The molecule has 5 N–H and O–H groups in total. The Labute approximate surface area is 162 Å². The predicted molar refractivity (Wildman–Crippen MR) is 104 cm³/mol. The highest BCUT2D eigenvalue weighted by Crippen LogP contribution is 2.25. The summed E-state index contributed by atoms with van der Waals surface area (Å²) in [6.45, 7) is 0. The molecule has 1 unspecified atom stereocenters. The highest BCUT2D eigenvalue weighted by molar-refractivity contribution is 6.60. The van der Waals surface area contributed by atoms with Crippen LogP contribution in [-0.2, 0) is 17.6 Å². The van der Waals surface area contributed by atoms with Gasteiger partial charge in [-0.3, -0.25) is 14.4 Å². The molecule has 0 fully saturated rings. The van der Waals surface area contributed by atoms with E-state index in [0.29, 0.717) is 11.8 Å². The zero-order valence-electron chi connectivity index (χ0n) is 15.2. The zero-order chi connectivity index (χ0) is 20.3. The van der Waals surface area contributed by atoms with Gasteiger partial charge in [0.1, 0.15) is 12.3 Å². The number of rotatable bonds is 6. The first-order valence-electron chi connectivity index (χ1n) is 9.08. The number of nitrogens with two attached hydrogens (primary N) is 1. The van der Waals surface area contributed by atoms with Gasteiger partial charge in [0, 0.05) is 11.1 Å². The lowest BCUT2D eigenvalue weighted by molar-refractivity contribution is -0.120. The van der Waals surface area contributed by atoms with Crippen LogP contribution in [0.15, 0.2) is 36.4 Å². The summed E-state index contributed by atoms with van der Waals surface area (Å²) in [5, 5.41) is 21.1. The van der Waals surface area contributed by atoms with Crippen molar-refractivity contribution < 1.29 is 24.4 Å². The Balaban J connectivity index is 1.86. The van der Waals surface area contributed by atoms with Crippen LogP contribution in [0.3, 0.4) is 0 Å². The Morgan fingerprint density at radius 3 is 2.43 bits per heavy atom. The monoisotopic (exact) mass is 380 g/mol.